The van der Waals surface area contributed by atoms with Crippen molar-refractivity contribution in [2.24, 2.45) is 0 Å². The van der Waals surface area contributed by atoms with Crippen molar-refractivity contribution in [3.05, 3.63) is 29.3 Å². The highest BCUT2D eigenvalue weighted by molar-refractivity contribution is 5.88. The molecule has 1 unspecified atom stereocenters. The molecule has 2 rings (SSSR count). The summed E-state index contributed by atoms with van der Waals surface area (Å²) in [5, 5.41) is 9.20. The van der Waals surface area contributed by atoms with E-state index >= 15 is 0 Å². The fourth-order valence-corrected chi connectivity index (χ4v) is 2.38. The fraction of sp³-hybridized carbons (Fsp3) is 0.385. The molecule has 1 N–H and O–H groups in total. The van der Waals surface area contributed by atoms with Gasteiger partial charge in [0.25, 0.3) is 0 Å². The number of alkyl halides is 3. The first-order valence-electron chi connectivity index (χ1n) is 6.03. The smallest absolute Gasteiger partial charge is 0.471 e. The Morgan fingerprint density at radius 1 is 1.38 bits per heavy atom. The van der Waals surface area contributed by atoms with Gasteiger partial charge in [0.2, 0.25) is 0 Å². The summed E-state index contributed by atoms with van der Waals surface area (Å²) in [5.74, 6) is -3.16. The molecule has 114 valence electrons. The molecule has 0 bridgehead atoms. The number of carbonyl (C=O) groups is 2. The molecular weight excluding hydrogens is 291 g/mol. The lowest BCUT2D eigenvalue weighted by Gasteiger charge is -2.35. The zero-order valence-corrected chi connectivity index (χ0v) is 11.0. The lowest BCUT2D eigenvalue weighted by atomic mass is 9.92. The SMILES string of the molecule is COc1ccc2c(c1)CCN(C(=O)C(F)(F)F)C2C(=O)O. The monoisotopic (exact) mass is 303 g/mol. The number of amides is 1. The Balaban J connectivity index is 2.45. The number of nitrogens with zero attached hydrogens (tertiary/aromatic N) is 1. The van der Waals surface area contributed by atoms with E-state index in [2.05, 4.69) is 0 Å². The van der Waals surface area contributed by atoms with Gasteiger partial charge in [-0.25, -0.2) is 4.79 Å². The number of halogens is 3. The fourth-order valence-electron chi connectivity index (χ4n) is 2.38. The van der Waals surface area contributed by atoms with Gasteiger partial charge in [-0.05, 0) is 29.7 Å². The van der Waals surface area contributed by atoms with Crippen LogP contribution in [0.3, 0.4) is 0 Å². The van der Waals surface area contributed by atoms with Crippen molar-refractivity contribution in [3.8, 4) is 5.75 Å². The predicted octanol–water partition coefficient (Wildman–Crippen LogP) is 1.77. The van der Waals surface area contributed by atoms with Gasteiger partial charge in [0.1, 0.15) is 5.75 Å². The molecule has 0 saturated heterocycles. The van der Waals surface area contributed by atoms with Gasteiger partial charge in [0.15, 0.2) is 6.04 Å². The van der Waals surface area contributed by atoms with Crippen LogP contribution in [-0.4, -0.2) is 41.7 Å². The molecule has 5 nitrogen and oxygen atoms in total. The van der Waals surface area contributed by atoms with Crippen LogP contribution in [0.5, 0.6) is 5.75 Å². The normalized spacial score (nSPS) is 18.1. The van der Waals surface area contributed by atoms with Crippen LogP contribution in [0.15, 0.2) is 18.2 Å². The molecule has 1 aromatic carbocycles. The molecule has 1 aliphatic rings. The Kier molecular flexibility index (Phi) is 3.80. The van der Waals surface area contributed by atoms with Gasteiger partial charge >= 0.3 is 18.1 Å². The van der Waals surface area contributed by atoms with Gasteiger partial charge in [0.05, 0.1) is 7.11 Å². The van der Waals surface area contributed by atoms with Crippen molar-refractivity contribution in [2.75, 3.05) is 13.7 Å². The van der Waals surface area contributed by atoms with Crippen LogP contribution < -0.4 is 4.74 Å². The molecule has 0 fully saturated rings. The van der Waals surface area contributed by atoms with Crippen LogP contribution in [0.4, 0.5) is 13.2 Å². The third-order valence-corrected chi connectivity index (χ3v) is 3.32. The van der Waals surface area contributed by atoms with E-state index < -0.39 is 24.1 Å². The van der Waals surface area contributed by atoms with E-state index in [4.69, 9.17) is 4.74 Å². The molecular formula is C13H12F3NO4. The number of hydrogen-bond acceptors (Lipinski definition) is 3. The van der Waals surface area contributed by atoms with Gasteiger partial charge in [-0.3, -0.25) is 4.79 Å². The summed E-state index contributed by atoms with van der Waals surface area (Å²) in [6.07, 6.45) is -4.96. The second kappa shape index (κ2) is 5.27. The van der Waals surface area contributed by atoms with Gasteiger partial charge in [0, 0.05) is 6.54 Å². The van der Waals surface area contributed by atoms with Crippen LogP contribution in [0.25, 0.3) is 0 Å². The van der Waals surface area contributed by atoms with Gasteiger partial charge in [-0.15, -0.1) is 0 Å². The first kappa shape index (κ1) is 15.1. The predicted molar refractivity (Wildman–Crippen MR) is 64.8 cm³/mol. The molecule has 1 atom stereocenters. The van der Waals surface area contributed by atoms with Crippen molar-refractivity contribution in [2.45, 2.75) is 18.6 Å². The van der Waals surface area contributed by atoms with E-state index in [1.54, 1.807) is 6.07 Å². The van der Waals surface area contributed by atoms with Crippen molar-refractivity contribution in [1.29, 1.82) is 0 Å². The standard InChI is InChI=1S/C13H12F3NO4/c1-21-8-2-3-9-7(6-8)4-5-17(10(9)11(18)19)12(20)13(14,15)16/h2-3,6,10H,4-5H2,1H3,(H,18,19). The molecule has 21 heavy (non-hydrogen) atoms. The number of carbonyl (C=O) groups excluding carboxylic acids is 1. The summed E-state index contributed by atoms with van der Waals surface area (Å²) in [6, 6.07) is 2.76. The Labute approximate surface area is 117 Å². The van der Waals surface area contributed by atoms with E-state index in [9.17, 15) is 27.9 Å². The first-order chi connectivity index (χ1) is 9.75. The summed E-state index contributed by atoms with van der Waals surface area (Å²) >= 11 is 0. The van der Waals surface area contributed by atoms with Crippen molar-refractivity contribution < 1.29 is 32.6 Å². The van der Waals surface area contributed by atoms with Crippen LogP contribution >= 0.6 is 0 Å². The largest absolute Gasteiger partial charge is 0.497 e. The van der Waals surface area contributed by atoms with Crippen molar-refractivity contribution in [1.82, 2.24) is 4.90 Å². The lowest BCUT2D eigenvalue weighted by Crippen LogP contribution is -2.48. The van der Waals surface area contributed by atoms with Crippen LogP contribution in [0.2, 0.25) is 0 Å². The van der Waals surface area contributed by atoms with Crippen LogP contribution in [0.1, 0.15) is 17.2 Å². The average molecular weight is 303 g/mol. The number of hydrogen-bond donors (Lipinski definition) is 1. The number of carboxylic acids is 1. The zero-order chi connectivity index (χ0) is 15.8. The second-order valence-corrected chi connectivity index (χ2v) is 4.55. The molecule has 0 aliphatic carbocycles. The molecule has 1 amide bonds. The molecule has 1 aromatic rings. The molecule has 0 radical (unpaired) electrons. The maximum absolute atomic E-state index is 12.6. The molecule has 0 spiro atoms. The van der Waals surface area contributed by atoms with Crippen molar-refractivity contribution >= 4 is 11.9 Å². The van der Waals surface area contributed by atoms with Gasteiger partial charge in [-0.1, -0.05) is 6.07 Å². The highest BCUT2D eigenvalue weighted by Crippen LogP contribution is 2.34. The quantitative estimate of drug-likeness (QED) is 0.904. The number of aliphatic carboxylic acids is 1. The third-order valence-electron chi connectivity index (χ3n) is 3.32. The Hall–Kier alpha value is -2.25. The highest BCUT2D eigenvalue weighted by Gasteiger charge is 2.48. The van der Waals surface area contributed by atoms with Gasteiger partial charge < -0.3 is 14.7 Å². The lowest BCUT2D eigenvalue weighted by molar-refractivity contribution is -0.190. The summed E-state index contributed by atoms with van der Waals surface area (Å²) in [6.45, 7) is -0.310. The van der Waals surface area contributed by atoms with Gasteiger partial charge in [-0.2, -0.15) is 13.2 Å². The zero-order valence-electron chi connectivity index (χ0n) is 11.0. The number of methoxy groups -OCH3 is 1. The number of benzene rings is 1. The summed E-state index contributed by atoms with van der Waals surface area (Å²) < 4.78 is 42.7. The summed E-state index contributed by atoms with van der Waals surface area (Å²) in [4.78, 5) is 23.0. The summed E-state index contributed by atoms with van der Waals surface area (Å²) in [7, 11) is 1.43. The maximum Gasteiger partial charge on any atom is 0.471 e. The number of ether oxygens (including phenoxy) is 1. The molecule has 0 aromatic heterocycles. The minimum Gasteiger partial charge on any atom is -0.497 e. The minimum absolute atomic E-state index is 0.137. The molecule has 0 saturated carbocycles. The molecule has 8 heteroatoms. The Bertz CT molecular complexity index is 585. The molecule has 1 aliphatic heterocycles. The van der Waals surface area contributed by atoms with E-state index in [-0.39, 0.29) is 18.5 Å². The number of carboxylic acid groups (broad SMARTS) is 1. The highest BCUT2D eigenvalue weighted by atomic mass is 19.4. The van der Waals surface area contributed by atoms with Crippen LogP contribution in [-0.2, 0) is 16.0 Å². The van der Waals surface area contributed by atoms with E-state index in [0.29, 0.717) is 16.2 Å². The minimum atomic E-state index is -5.10. The van der Waals surface area contributed by atoms with Crippen LogP contribution in [0, 0.1) is 0 Å². The van der Waals surface area contributed by atoms with E-state index in [1.165, 1.54) is 19.2 Å². The third kappa shape index (κ3) is 2.79. The Morgan fingerprint density at radius 2 is 2.05 bits per heavy atom. The number of fused-ring (bicyclic) bond motifs is 1. The average Bonchev–Trinajstić information content (AvgIpc) is 2.43. The summed E-state index contributed by atoms with van der Waals surface area (Å²) in [5.41, 5.74) is 0.736. The van der Waals surface area contributed by atoms with E-state index in [0.717, 1.165) is 0 Å². The number of rotatable bonds is 2. The topological polar surface area (TPSA) is 66.8 Å². The Morgan fingerprint density at radius 3 is 2.57 bits per heavy atom. The maximum atomic E-state index is 12.6. The van der Waals surface area contributed by atoms with E-state index in [1.807, 2.05) is 0 Å². The second-order valence-electron chi connectivity index (χ2n) is 4.55. The molecule has 1 heterocycles. The van der Waals surface area contributed by atoms with Crippen molar-refractivity contribution in [3.63, 3.8) is 0 Å². The first-order valence-corrected chi connectivity index (χ1v) is 6.03.